The molecule has 60 valence electrons. The Morgan fingerprint density at radius 1 is 1.50 bits per heavy atom. The molecule has 0 amide bonds. The van der Waals surface area contributed by atoms with Crippen LogP contribution < -0.4 is 0 Å². The molecule has 1 rings (SSSR count). The molecule has 0 saturated heterocycles. The van der Waals surface area contributed by atoms with Crippen LogP contribution in [-0.4, -0.2) is 12.6 Å². The molecule has 0 bridgehead atoms. The summed E-state index contributed by atoms with van der Waals surface area (Å²) in [5, 5.41) is 0. The first kappa shape index (κ1) is 8.69. The minimum atomic E-state index is 0.541. The van der Waals surface area contributed by atoms with Crippen LogP contribution in [0.1, 0.15) is 20.1 Å². The van der Waals surface area contributed by atoms with E-state index in [4.69, 9.17) is 0 Å². The number of thiophene rings is 1. The van der Waals surface area contributed by atoms with E-state index in [0.717, 1.165) is 16.7 Å². The summed E-state index contributed by atoms with van der Waals surface area (Å²) in [5.41, 5.74) is 0.941. The lowest BCUT2D eigenvalue weighted by Gasteiger charge is -1.80. The number of rotatable bonds is 1. The number of aryl methyl sites for hydroxylation is 1. The molecule has 1 aromatic rings. The van der Waals surface area contributed by atoms with Crippen LogP contribution in [0.3, 0.4) is 0 Å². The number of aldehydes is 2. The summed E-state index contributed by atoms with van der Waals surface area (Å²) < 4.78 is 0. The Kier molecular flexibility index (Phi) is 2.78. The Balaban J connectivity index is 3.07. The van der Waals surface area contributed by atoms with Gasteiger partial charge in [0.2, 0.25) is 0 Å². The highest BCUT2D eigenvalue weighted by Crippen LogP contribution is 2.18. The van der Waals surface area contributed by atoms with E-state index in [0.29, 0.717) is 11.2 Å². The molecule has 0 saturated carbocycles. The minimum absolute atomic E-state index is 0.541. The lowest BCUT2D eigenvalue weighted by Crippen LogP contribution is -1.69. The highest BCUT2D eigenvalue weighted by atomic mass is 32.1. The molecule has 0 N–H and O–H groups in total. The van der Waals surface area contributed by atoms with Gasteiger partial charge < -0.3 is 0 Å². The third kappa shape index (κ3) is 1.80. The van der Waals surface area contributed by atoms with E-state index in [1.54, 1.807) is 6.07 Å². The maximum atomic E-state index is 10.3. The van der Waals surface area contributed by atoms with E-state index < -0.39 is 0 Å². The van der Waals surface area contributed by atoms with Crippen molar-refractivity contribution >= 4 is 23.9 Å². The van der Waals surface area contributed by atoms with Gasteiger partial charge in [-0.25, -0.2) is 0 Å². The van der Waals surface area contributed by atoms with Crippen molar-refractivity contribution in [2.24, 2.45) is 0 Å². The van der Waals surface area contributed by atoms with Crippen molar-refractivity contribution < 1.29 is 9.59 Å². The standard InChI is InChI=1S/C9H6O2S/c1-7-5-8(6-11)12-9(7)3-2-4-10/h4-6H,1H3. The normalized spacial score (nSPS) is 8.42. The molecule has 12 heavy (non-hydrogen) atoms. The quantitative estimate of drug-likeness (QED) is 0.481. The van der Waals surface area contributed by atoms with Crippen molar-refractivity contribution in [2.75, 3.05) is 0 Å². The van der Waals surface area contributed by atoms with Crippen LogP contribution in [0.25, 0.3) is 0 Å². The van der Waals surface area contributed by atoms with Gasteiger partial charge in [-0.05, 0) is 30.4 Å². The fraction of sp³-hybridized carbons (Fsp3) is 0.111. The SMILES string of the molecule is Cc1cc(C=O)sc1C#CC=O. The molecule has 0 spiro atoms. The predicted molar refractivity (Wildman–Crippen MR) is 47.4 cm³/mol. The van der Waals surface area contributed by atoms with Gasteiger partial charge in [0.1, 0.15) is 0 Å². The zero-order valence-electron chi connectivity index (χ0n) is 6.46. The highest BCUT2D eigenvalue weighted by Gasteiger charge is 2.00. The van der Waals surface area contributed by atoms with Gasteiger partial charge >= 0.3 is 0 Å². The number of hydrogen-bond donors (Lipinski definition) is 0. The van der Waals surface area contributed by atoms with Crippen LogP contribution in [-0.2, 0) is 4.79 Å². The summed E-state index contributed by atoms with van der Waals surface area (Å²) in [7, 11) is 0. The van der Waals surface area contributed by atoms with Gasteiger partial charge in [0.25, 0.3) is 0 Å². The second-order valence-corrected chi connectivity index (χ2v) is 3.25. The van der Waals surface area contributed by atoms with Crippen molar-refractivity contribution in [1.82, 2.24) is 0 Å². The van der Waals surface area contributed by atoms with Crippen LogP contribution in [0.4, 0.5) is 0 Å². The fourth-order valence-electron chi connectivity index (χ4n) is 0.784. The Labute approximate surface area is 74.2 Å². The molecular formula is C9H6O2S. The molecule has 0 aliphatic rings. The van der Waals surface area contributed by atoms with Gasteiger partial charge in [0.05, 0.1) is 9.75 Å². The van der Waals surface area contributed by atoms with E-state index in [2.05, 4.69) is 11.8 Å². The van der Waals surface area contributed by atoms with E-state index in [1.165, 1.54) is 11.3 Å². The molecule has 3 heteroatoms. The molecule has 0 aliphatic carbocycles. The van der Waals surface area contributed by atoms with Crippen LogP contribution in [0, 0.1) is 18.8 Å². The van der Waals surface area contributed by atoms with Gasteiger partial charge in [0.15, 0.2) is 12.6 Å². The van der Waals surface area contributed by atoms with Gasteiger partial charge in [-0.1, -0.05) is 0 Å². The monoisotopic (exact) mass is 178 g/mol. The lowest BCUT2D eigenvalue weighted by atomic mass is 10.3. The third-order valence-electron chi connectivity index (χ3n) is 1.30. The molecule has 0 aliphatic heterocycles. The first-order chi connectivity index (χ1) is 5.77. The highest BCUT2D eigenvalue weighted by molar-refractivity contribution is 7.14. The van der Waals surface area contributed by atoms with Crippen LogP contribution >= 0.6 is 11.3 Å². The average Bonchev–Trinajstić information content (AvgIpc) is 2.43. The molecule has 0 fully saturated rings. The summed E-state index contributed by atoms with van der Waals surface area (Å²) >= 11 is 1.30. The van der Waals surface area contributed by atoms with Crippen molar-refractivity contribution in [3.63, 3.8) is 0 Å². The first-order valence-electron chi connectivity index (χ1n) is 3.28. The Morgan fingerprint density at radius 3 is 2.75 bits per heavy atom. The van der Waals surface area contributed by atoms with Gasteiger partial charge in [-0.15, -0.1) is 11.3 Å². The second kappa shape index (κ2) is 3.84. The molecule has 2 nitrogen and oxygen atoms in total. The van der Waals surface area contributed by atoms with E-state index in [1.807, 2.05) is 6.92 Å². The summed E-state index contributed by atoms with van der Waals surface area (Å²) in [5.74, 6) is 4.97. The van der Waals surface area contributed by atoms with Crippen LogP contribution in [0.2, 0.25) is 0 Å². The zero-order chi connectivity index (χ0) is 8.97. The summed E-state index contributed by atoms with van der Waals surface area (Å²) in [4.78, 5) is 21.7. The van der Waals surface area contributed by atoms with E-state index in [-0.39, 0.29) is 0 Å². The number of hydrogen-bond acceptors (Lipinski definition) is 3. The Bertz CT molecular complexity index is 366. The summed E-state index contributed by atoms with van der Waals surface area (Å²) in [6.07, 6.45) is 1.32. The maximum absolute atomic E-state index is 10.3. The molecule has 1 heterocycles. The van der Waals surface area contributed by atoms with Gasteiger partial charge in [-0.2, -0.15) is 0 Å². The predicted octanol–water partition coefficient (Wildman–Crippen LogP) is 1.42. The van der Waals surface area contributed by atoms with Crippen molar-refractivity contribution in [3.05, 3.63) is 21.4 Å². The Morgan fingerprint density at radius 2 is 2.25 bits per heavy atom. The average molecular weight is 178 g/mol. The van der Waals surface area contributed by atoms with Crippen molar-refractivity contribution in [2.45, 2.75) is 6.92 Å². The van der Waals surface area contributed by atoms with Crippen LogP contribution in [0.15, 0.2) is 6.07 Å². The smallest absolute Gasteiger partial charge is 0.193 e. The number of carbonyl (C=O) groups is 2. The van der Waals surface area contributed by atoms with E-state index >= 15 is 0 Å². The van der Waals surface area contributed by atoms with Crippen molar-refractivity contribution in [1.29, 1.82) is 0 Å². The third-order valence-corrected chi connectivity index (χ3v) is 2.38. The minimum Gasteiger partial charge on any atom is -0.297 e. The Hall–Kier alpha value is -1.40. The van der Waals surface area contributed by atoms with Gasteiger partial charge in [-0.3, -0.25) is 9.59 Å². The fourth-order valence-corrected chi connectivity index (χ4v) is 1.63. The van der Waals surface area contributed by atoms with Crippen molar-refractivity contribution in [3.8, 4) is 11.8 Å². The topological polar surface area (TPSA) is 34.1 Å². The maximum Gasteiger partial charge on any atom is 0.193 e. The molecule has 0 radical (unpaired) electrons. The summed E-state index contributed by atoms with van der Waals surface area (Å²) in [6.45, 7) is 1.86. The molecule has 0 atom stereocenters. The van der Waals surface area contributed by atoms with E-state index in [9.17, 15) is 9.59 Å². The molecule has 0 aromatic carbocycles. The lowest BCUT2D eigenvalue weighted by molar-refractivity contribution is -0.103. The molecule has 1 aromatic heterocycles. The van der Waals surface area contributed by atoms with Crippen LogP contribution in [0.5, 0.6) is 0 Å². The first-order valence-corrected chi connectivity index (χ1v) is 4.10. The largest absolute Gasteiger partial charge is 0.297 e. The second-order valence-electron chi connectivity index (χ2n) is 2.17. The zero-order valence-corrected chi connectivity index (χ0v) is 7.27. The molecule has 0 unspecified atom stereocenters. The molecular weight excluding hydrogens is 172 g/mol. The summed E-state index contributed by atoms with van der Waals surface area (Å²) in [6, 6.07) is 1.76. The van der Waals surface area contributed by atoms with Gasteiger partial charge in [0, 0.05) is 0 Å². The number of carbonyl (C=O) groups excluding carboxylic acids is 2.